The molecule has 0 spiro atoms. The number of ether oxygens (including phenoxy) is 1. The second-order valence-corrected chi connectivity index (χ2v) is 5.29. The lowest BCUT2D eigenvalue weighted by molar-refractivity contribution is 0.102. The zero-order chi connectivity index (χ0) is 18.4. The van der Waals surface area contributed by atoms with Crippen LogP contribution in [0.5, 0.6) is 5.75 Å². The summed E-state index contributed by atoms with van der Waals surface area (Å²) in [4.78, 5) is 20.5. The number of nitriles is 1. The molecule has 0 atom stereocenters. The van der Waals surface area contributed by atoms with Gasteiger partial charge in [0.1, 0.15) is 23.6 Å². The predicted molar refractivity (Wildman–Crippen MR) is 97.4 cm³/mol. The molecule has 7 heteroatoms. The normalized spacial score (nSPS) is 9.85. The van der Waals surface area contributed by atoms with Crippen LogP contribution >= 0.6 is 0 Å². The molecule has 0 aliphatic rings. The Kier molecular flexibility index (Phi) is 5.05. The molecule has 2 N–H and O–H groups in total. The van der Waals surface area contributed by atoms with Crippen molar-refractivity contribution in [3.8, 4) is 11.8 Å². The van der Waals surface area contributed by atoms with Gasteiger partial charge in [0.05, 0.1) is 18.7 Å². The van der Waals surface area contributed by atoms with Crippen molar-refractivity contribution >= 4 is 23.1 Å². The third-order valence-electron chi connectivity index (χ3n) is 3.51. The number of benzene rings is 2. The summed E-state index contributed by atoms with van der Waals surface area (Å²) in [6, 6.07) is 17.5. The van der Waals surface area contributed by atoms with E-state index >= 15 is 0 Å². The molecule has 1 aromatic heterocycles. The third kappa shape index (κ3) is 4.13. The van der Waals surface area contributed by atoms with Crippen LogP contribution in [0.3, 0.4) is 0 Å². The lowest BCUT2D eigenvalue weighted by atomic mass is 10.2. The number of nitrogens with one attached hydrogen (secondary N) is 2. The van der Waals surface area contributed by atoms with Crippen LogP contribution in [0.4, 0.5) is 17.2 Å². The van der Waals surface area contributed by atoms with Gasteiger partial charge in [0.2, 0.25) is 0 Å². The minimum absolute atomic E-state index is 0.217. The van der Waals surface area contributed by atoms with Gasteiger partial charge in [-0.3, -0.25) is 4.79 Å². The van der Waals surface area contributed by atoms with Crippen LogP contribution in [0, 0.1) is 11.3 Å². The Balaban J connectivity index is 1.73. The molecule has 128 valence electrons. The average Bonchev–Trinajstić information content (AvgIpc) is 2.69. The van der Waals surface area contributed by atoms with E-state index in [1.54, 1.807) is 37.4 Å². The van der Waals surface area contributed by atoms with Gasteiger partial charge in [0, 0.05) is 23.5 Å². The van der Waals surface area contributed by atoms with Gasteiger partial charge in [0.25, 0.3) is 5.91 Å². The Morgan fingerprint density at radius 1 is 1.08 bits per heavy atom. The Hall–Kier alpha value is -3.92. The second-order valence-electron chi connectivity index (χ2n) is 5.29. The molecule has 7 nitrogen and oxygen atoms in total. The Morgan fingerprint density at radius 2 is 1.88 bits per heavy atom. The van der Waals surface area contributed by atoms with Crippen LogP contribution in [0.25, 0.3) is 0 Å². The standard InChI is InChI=1S/C19H15N5O2/c1-26-16-4-2-3-15(9-16)23-18-10-17(21-12-22-18)19(25)24-14-7-5-13(11-20)6-8-14/h2-10,12H,1H3,(H,24,25)(H,21,22,23). The maximum Gasteiger partial charge on any atom is 0.274 e. The van der Waals surface area contributed by atoms with Gasteiger partial charge in [-0.15, -0.1) is 0 Å². The summed E-state index contributed by atoms with van der Waals surface area (Å²) in [5.74, 6) is 0.826. The van der Waals surface area contributed by atoms with E-state index in [9.17, 15) is 4.79 Å². The Labute approximate surface area is 150 Å². The van der Waals surface area contributed by atoms with Crippen molar-refractivity contribution in [3.05, 3.63) is 72.2 Å². The van der Waals surface area contributed by atoms with Crippen molar-refractivity contribution in [2.24, 2.45) is 0 Å². The van der Waals surface area contributed by atoms with Crippen molar-refractivity contribution in [2.75, 3.05) is 17.7 Å². The number of carbonyl (C=O) groups excluding carboxylic acids is 1. The molecular formula is C19H15N5O2. The lowest BCUT2D eigenvalue weighted by Crippen LogP contribution is -2.14. The summed E-state index contributed by atoms with van der Waals surface area (Å²) < 4.78 is 5.18. The van der Waals surface area contributed by atoms with Crippen molar-refractivity contribution < 1.29 is 9.53 Å². The zero-order valence-corrected chi connectivity index (χ0v) is 13.9. The van der Waals surface area contributed by atoms with Crippen LogP contribution in [0.15, 0.2) is 60.9 Å². The highest BCUT2D eigenvalue weighted by Gasteiger charge is 2.10. The number of carbonyl (C=O) groups is 1. The number of anilines is 3. The number of rotatable bonds is 5. The topological polar surface area (TPSA) is 99.9 Å². The first-order valence-corrected chi connectivity index (χ1v) is 7.72. The zero-order valence-electron chi connectivity index (χ0n) is 13.9. The van der Waals surface area contributed by atoms with E-state index in [4.69, 9.17) is 10.00 Å². The fourth-order valence-corrected chi connectivity index (χ4v) is 2.22. The van der Waals surface area contributed by atoms with Gasteiger partial charge < -0.3 is 15.4 Å². The van der Waals surface area contributed by atoms with Crippen molar-refractivity contribution in [1.29, 1.82) is 5.26 Å². The summed E-state index contributed by atoms with van der Waals surface area (Å²) in [5, 5.41) is 14.6. The molecule has 3 aromatic rings. The SMILES string of the molecule is COc1cccc(Nc2cc(C(=O)Nc3ccc(C#N)cc3)ncn2)c1. The first kappa shape index (κ1) is 16.9. The molecular weight excluding hydrogens is 330 g/mol. The molecule has 0 bridgehead atoms. The summed E-state index contributed by atoms with van der Waals surface area (Å²) in [7, 11) is 1.59. The van der Waals surface area contributed by atoms with E-state index in [1.165, 1.54) is 6.33 Å². The molecule has 0 fully saturated rings. The van der Waals surface area contributed by atoms with Crippen LogP contribution in [-0.2, 0) is 0 Å². The average molecular weight is 345 g/mol. The number of aromatic nitrogens is 2. The molecule has 0 saturated carbocycles. The number of amides is 1. The maximum atomic E-state index is 12.4. The third-order valence-corrected chi connectivity index (χ3v) is 3.51. The summed E-state index contributed by atoms with van der Waals surface area (Å²) in [6.45, 7) is 0. The second kappa shape index (κ2) is 7.77. The quantitative estimate of drug-likeness (QED) is 0.735. The molecule has 1 heterocycles. The van der Waals surface area contributed by atoms with E-state index in [-0.39, 0.29) is 11.6 Å². The maximum absolute atomic E-state index is 12.4. The molecule has 0 radical (unpaired) electrons. The monoisotopic (exact) mass is 345 g/mol. The van der Waals surface area contributed by atoms with Crippen LogP contribution < -0.4 is 15.4 Å². The fraction of sp³-hybridized carbons (Fsp3) is 0.0526. The smallest absolute Gasteiger partial charge is 0.274 e. The highest BCUT2D eigenvalue weighted by atomic mass is 16.5. The van der Waals surface area contributed by atoms with Crippen molar-refractivity contribution in [2.45, 2.75) is 0 Å². The molecule has 0 aliphatic heterocycles. The Bertz CT molecular complexity index is 964. The highest BCUT2D eigenvalue weighted by molar-refractivity contribution is 6.03. The molecule has 0 unspecified atom stereocenters. The minimum atomic E-state index is -0.370. The first-order chi connectivity index (χ1) is 12.7. The molecule has 0 saturated heterocycles. The van der Waals surface area contributed by atoms with Gasteiger partial charge >= 0.3 is 0 Å². The van der Waals surface area contributed by atoms with Crippen LogP contribution in [-0.4, -0.2) is 23.0 Å². The van der Waals surface area contributed by atoms with E-state index in [2.05, 4.69) is 20.6 Å². The van der Waals surface area contributed by atoms with Crippen molar-refractivity contribution in [3.63, 3.8) is 0 Å². The number of nitrogens with zero attached hydrogens (tertiary/aromatic N) is 3. The van der Waals surface area contributed by atoms with Crippen LogP contribution in [0.2, 0.25) is 0 Å². The summed E-state index contributed by atoms with van der Waals surface area (Å²) in [5.41, 5.74) is 2.10. The van der Waals surface area contributed by atoms with E-state index in [1.807, 2.05) is 30.3 Å². The summed E-state index contributed by atoms with van der Waals surface area (Å²) in [6.07, 6.45) is 1.32. The first-order valence-electron chi connectivity index (χ1n) is 7.72. The van der Waals surface area contributed by atoms with E-state index in [0.29, 0.717) is 22.8 Å². The lowest BCUT2D eigenvalue weighted by Gasteiger charge is -2.09. The van der Waals surface area contributed by atoms with Gasteiger partial charge in [-0.1, -0.05) is 6.07 Å². The van der Waals surface area contributed by atoms with E-state index in [0.717, 1.165) is 5.69 Å². The molecule has 2 aromatic carbocycles. The predicted octanol–water partition coefficient (Wildman–Crippen LogP) is 3.35. The van der Waals surface area contributed by atoms with E-state index < -0.39 is 0 Å². The molecule has 1 amide bonds. The molecule has 0 aliphatic carbocycles. The van der Waals surface area contributed by atoms with Gasteiger partial charge in [-0.2, -0.15) is 5.26 Å². The van der Waals surface area contributed by atoms with Gasteiger partial charge in [-0.05, 0) is 36.4 Å². The number of methoxy groups -OCH3 is 1. The van der Waals surface area contributed by atoms with Crippen LogP contribution in [0.1, 0.15) is 16.1 Å². The van der Waals surface area contributed by atoms with Gasteiger partial charge in [-0.25, -0.2) is 9.97 Å². The minimum Gasteiger partial charge on any atom is -0.497 e. The highest BCUT2D eigenvalue weighted by Crippen LogP contribution is 2.20. The molecule has 26 heavy (non-hydrogen) atoms. The largest absolute Gasteiger partial charge is 0.497 e. The fourth-order valence-electron chi connectivity index (χ4n) is 2.22. The molecule has 3 rings (SSSR count). The van der Waals surface area contributed by atoms with Crippen molar-refractivity contribution in [1.82, 2.24) is 9.97 Å². The number of hydrogen-bond acceptors (Lipinski definition) is 6. The van der Waals surface area contributed by atoms with Gasteiger partial charge in [0.15, 0.2) is 0 Å². The number of hydrogen-bond donors (Lipinski definition) is 2. The summed E-state index contributed by atoms with van der Waals surface area (Å²) >= 11 is 0. The Morgan fingerprint density at radius 3 is 2.62 bits per heavy atom.